The topological polar surface area (TPSA) is 29.5 Å². The standard InChI is InChI=1S/C14H12ClFO2/c1-9(17)10-5-6-14(13(16)7-10)18-12-4-2-3-11(15)8-12/h2-9,17H,1H3. The zero-order valence-corrected chi connectivity index (χ0v) is 10.5. The van der Waals surface area contributed by atoms with Crippen LogP contribution in [0.1, 0.15) is 18.6 Å². The third-order valence-electron chi connectivity index (χ3n) is 2.46. The van der Waals surface area contributed by atoms with Crippen molar-refractivity contribution in [3.63, 3.8) is 0 Å². The van der Waals surface area contributed by atoms with Gasteiger partial charge in [-0.25, -0.2) is 4.39 Å². The predicted molar refractivity (Wildman–Crippen MR) is 68.6 cm³/mol. The van der Waals surface area contributed by atoms with Gasteiger partial charge in [-0.1, -0.05) is 23.7 Å². The lowest BCUT2D eigenvalue weighted by atomic mass is 10.1. The van der Waals surface area contributed by atoms with Crippen LogP contribution in [0.15, 0.2) is 42.5 Å². The van der Waals surface area contributed by atoms with Crippen molar-refractivity contribution >= 4 is 11.6 Å². The normalized spacial score (nSPS) is 12.2. The molecule has 0 aliphatic rings. The molecule has 1 N–H and O–H groups in total. The van der Waals surface area contributed by atoms with Crippen molar-refractivity contribution in [2.45, 2.75) is 13.0 Å². The molecule has 0 heterocycles. The molecular formula is C14H12ClFO2. The van der Waals surface area contributed by atoms with Crippen LogP contribution >= 0.6 is 11.6 Å². The molecule has 2 nitrogen and oxygen atoms in total. The highest BCUT2D eigenvalue weighted by atomic mass is 35.5. The molecule has 0 bridgehead atoms. The lowest BCUT2D eigenvalue weighted by Crippen LogP contribution is -1.94. The Balaban J connectivity index is 2.24. The first kappa shape index (κ1) is 12.9. The maximum atomic E-state index is 13.7. The summed E-state index contributed by atoms with van der Waals surface area (Å²) in [6.07, 6.45) is -0.709. The van der Waals surface area contributed by atoms with E-state index < -0.39 is 11.9 Å². The SMILES string of the molecule is CC(O)c1ccc(Oc2cccc(Cl)c2)c(F)c1. The second kappa shape index (κ2) is 5.38. The van der Waals surface area contributed by atoms with Crippen molar-refractivity contribution in [2.24, 2.45) is 0 Å². The quantitative estimate of drug-likeness (QED) is 0.896. The summed E-state index contributed by atoms with van der Waals surface area (Å²) in [4.78, 5) is 0. The van der Waals surface area contributed by atoms with Crippen LogP contribution in [0.3, 0.4) is 0 Å². The summed E-state index contributed by atoms with van der Waals surface area (Å²) in [6.45, 7) is 1.58. The smallest absolute Gasteiger partial charge is 0.166 e. The van der Waals surface area contributed by atoms with Gasteiger partial charge in [-0.15, -0.1) is 0 Å². The molecule has 94 valence electrons. The van der Waals surface area contributed by atoms with Gasteiger partial charge in [0, 0.05) is 5.02 Å². The second-order valence-electron chi connectivity index (χ2n) is 3.93. The molecule has 0 aliphatic carbocycles. The van der Waals surface area contributed by atoms with Crippen LogP contribution in [0, 0.1) is 5.82 Å². The van der Waals surface area contributed by atoms with Gasteiger partial charge in [0.25, 0.3) is 0 Å². The van der Waals surface area contributed by atoms with Crippen molar-refractivity contribution in [3.8, 4) is 11.5 Å². The van der Waals surface area contributed by atoms with Gasteiger partial charge in [0.1, 0.15) is 5.75 Å². The molecule has 0 aromatic heterocycles. The Morgan fingerprint density at radius 3 is 2.61 bits per heavy atom. The number of aliphatic hydroxyl groups is 1. The minimum Gasteiger partial charge on any atom is -0.454 e. The van der Waals surface area contributed by atoms with Gasteiger partial charge in [0.15, 0.2) is 11.6 Å². The first-order valence-corrected chi connectivity index (χ1v) is 5.85. The monoisotopic (exact) mass is 266 g/mol. The van der Waals surface area contributed by atoms with E-state index in [2.05, 4.69) is 0 Å². The van der Waals surface area contributed by atoms with Gasteiger partial charge in [0.05, 0.1) is 6.10 Å². The minimum absolute atomic E-state index is 0.0988. The minimum atomic E-state index is -0.709. The van der Waals surface area contributed by atoms with Gasteiger partial charge < -0.3 is 9.84 Å². The fourth-order valence-electron chi connectivity index (χ4n) is 1.52. The zero-order chi connectivity index (χ0) is 13.1. The van der Waals surface area contributed by atoms with Crippen molar-refractivity contribution in [1.29, 1.82) is 0 Å². The molecule has 0 saturated carbocycles. The lowest BCUT2D eigenvalue weighted by molar-refractivity contribution is 0.198. The summed E-state index contributed by atoms with van der Waals surface area (Å²) in [5.74, 6) is 0.0428. The van der Waals surface area contributed by atoms with Crippen LogP contribution in [0.25, 0.3) is 0 Å². The summed E-state index contributed by atoms with van der Waals surface area (Å²) in [5, 5.41) is 9.86. The van der Waals surface area contributed by atoms with E-state index in [-0.39, 0.29) is 5.75 Å². The Morgan fingerprint density at radius 1 is 1.22 bits per heavy atom. The molecule has 0 fully saturated rings. The number of ether oxygens (including phenoxy) is 1. The van der Waals surface area contributed by atoms with Crippen LogP contribution in [-0.4, -0.2) is 5.11 Å². The van der Waals surface area contributed by atoms with Crippen molar-refractivity contribution in [3.05, 3.63) is 58.9 Å². The van der Waals surface area contributed by atoms with Crippen molar-refractivity contribution < 1.29 is 14.2 Å². The Hall–Kier alpha value is -1.58. The number of hydrogen-bond acceptors (Lipinski definition) is 2. The fourth-order valence-corrected chi connectivity index (χ4v) is 1.70. The number of aliphatic hydroxyl groups excluding tert-OH is 1. The molecule has 18 heavy (non-hydrogen) atoms. The van der Waals surface area contributed by atoms with Crippen LogP contribution in [0.5, 0.6) is 11.5 Å². The van der Waals surface area contributed by atoms with E-state index in [1.807, 2.05) is 0 Å². The molecule has 2 aromatic rings. The van der Waals surface area contributed by atoms with Crippen LogP contribution in [-0.2, 0) is 0 Å². The third kappa shape index (κ3) is 3.00. The molecule has 2 rings (SSSR count). The Labute approximate surface area is 110 Å². The van der Waals surface area contributed by atoms with E-state index in [1.54, 1.807) is 37.3 Å². The summed E-state index contributed by atoms with van der Waals surface area (Å²) >= 11 is 5.81. The molecule has 0 amide bonds. The summed E-state index contributed by atoms with van der Waals surface area (Å²) in [7, 11) is 0. The van der Waals surface area contributed by atoms with Crippen LogP contribution in [0.4, 0.5) is 4.39 Å². The molecule has 0 radical (unpaired) electrons. The molecule has 2 aromatic carbocycles. The number of benzene rings is 2. The van der Waals surface area contributed by atoms with Gasteiger partial charge >= 0.3 is 0 Å². The fraction of sp³-hybridized carbons (Fsp3) is 0.143. The summed E-state index contributed by atoms with van der Waals surface area (Å²) < 4.78 is 19.1. The Kier molecular flexibility index (Phi) is 3.84. The van der Waals surface area contributed by atoms with Crippen LogP contribution < -0.4 is 4.74 Å². The maximum Gasteiger partial charge on any atom is 0.166 e. The Bertz CT molecular complexity index is 555. The van der Waals surface area contributed by atoms with Crippen molar-refractivity contribution in [2.75, 3.05) is 0 Å². The summed E-state index contributed by atoms with van der Waals surface area (Å²) in [6, 6.07) is 11.1. The van der Waals surface area contributed by atoms with E-state index in [9.17, 15) is 9.50 Å². The highest BCUT2D eigenvalue weighted by Gasteiger charge is 2.08. The average molecular weight is 267 g/mol. The third-order valence-corrected chi connectivity index (χ3v) is 2.70. The molecule has 4 heteroatoms. The molecule has 1 atom stereocenters. The van der Waals surface area contributed by atoms with Crippen LogP contribution in [0.2, 0.25) is 5.02 Å². The van der Waals surface area contributed by atoms with E-state index in [0.717, 1.165) is 0 Å². The second-order valence-corrected chi connectivity index (χ2v) is 4.36. The highest BCUT2D eigenvalue weighted by Crippen LogP contribution is 2.28. The number of halogens is 2. The predicted octanol–water partition coefficient (Wildman–Crippen LogP) is 4.32. The van der Waals surface area contributed by atoms with Gasteiger partial charge in [0.2, 0.25) is 0 Å². The first-order chi connectivity index (χ1) is 8.56. The molecular weight excluding hydrogens is 255 g/mol. The van der Waals surface area contributed by atoms with E-state index in [4.69, 9.17) is 16.3 Å². The molecule has 0 aliphatic heterocycles. The van der Waals surface area contributed by atoms with Crippen molar-refractivity contribution in [1.82, 2.24) is 0 Å². The maximum absolute atomic E-state index is 13.7. The number of rotatable bonds is 3. The first-order valence-electron chi connectivity index (χ1n) is 5.47. The molecule has 1 unspecified atom stereocenters. The van der Waals surface area contributed by atoms with Gasteiger partial charge in [-0.3, -0.25) is 0 Å². The zero-order valence-electron chi connectivity index (χ0n) is 9.73. The lowest BCUT2D eigenvalue weighted by Gasteiger charge is -2.09. The Morgan fingerprint density at radius 2 is 2.00 bits per heavy atom. The highest BCUT2D eigenvalue weighted by molar-refractivity contribution is 6.30. The largest absolute Gasteiger partial charge is 0.454 e. The molecule has 0 saturated heterocycles. The average Bonchev–Trinajstić information content (AvgIpc) is 2.31. The van der Waals surface area contributed by atoms with Gasteiger partial charge in [-0.05, 0) is 42.8 Å². The van der Waals surface area contributed by atoms with E-state index >= 15 is 0 Å². The van der Waals surface area contributed by atoms with Gasteiger partial charge in [-0.2, -0.15) is 0 Å². The molecule has 0 spiro atoms. The van der Waals surface area contributed by atoms with E-state index in [1.165, 1.54) is 12.1 Å². The number of hydrogen-bond donors (Lipinski definition) is 1. The summed E-state index contributed by atoms with van der Waals surface area (Å²) in [5.41, 5.74) is 0.506. The van der Waals surface area contributed by atoms with E-state index in [0.29, 0.717) is 16.3 Å².